The van der Waals surface area contributed by atoms with Gasteiger partial charge in [0, 0.05) is 37.0 Å². The van der Waals surface area contributed by atoms with Crippen molar-refractivity contribution in [2.45, 2.75) is 39.7 Å². The van der Waals surface area contributed by atoms with Crippen molar-refractivity contribution in [3.8, 4) is 11.1 Å². The van der Waals surface area contributed by atoms with Crippen molar-refractivity contribution >= 4 is 33.4 Å². The van der Waals surface area contributed by atoms with Crippen LogP contribution in [-0.4, -0.2) is 46.0 Å². The van der Waals surface area contributed by atoms with Gasteiger partial charge in [-0.15, -0.1) is 11.3 Å². The van der Waals surface area contributed by atoms with Gasteiger partial charge in [0.15, 0.2) is 0 Å². The summed E-state index contributed by atoms with van der Waals surface area (Å²) in [4.78, 5) is 44.9. The summed E-state index contributed by atoms with van der Waals surface area (Å²) in [7, 11) is 0. The molecule has 3 heterocycles. The molecule has 2 aromatic heterocycles. The Morgan fingerprint density at radius 3 is 2.78 bits per heavy atom. The molecule has 0 unspecified atom stereocenters. The number of fused-ring (bicyclic) bond motifs is 1. The number of aryl methyl sites for hydroxylation is 2. The number of likely N-dealkylation sites (tertiary alicyclic amines) is 1. The largest absolute Gasteiger partial charge is 0.466 e. The molecule has 1 aliphatic heterocycles. The number of esters is 1. The van der Waals surface area contributed by atoms with Crippen molar-refractivity contribution in [1.29, 1.82) is 0 Å². The van der Waals surface area contributed by atoms with Crippen molar-refractivity contribution in [2.24, 2.45) is 5.92 Å². The van der Waals surface area contributed by atoms with Crippen LogP contribution < -0.4 is 5.56 Å². The Morgan fingerprint density at radius 1 is 1.25 bits per heavy atom. The molecule has 0 spiro atoms. The van der Waals surface area contributed by atoms with Crippen molar-refractivity contribution < 1.29 is 14.3 Å². The number of carbonyl (C=O) groups is 2. The molecule has 0 N–H and O–H groups in total. The third-order valence-corrected chi connectivity index (χ3v) is 6.77. The number of hydrogen-bond donors (Lipinski definition) is 0. The first-order valence-corrected chi connectivity index (χ1v) is 11.8. The number of hydrogen-bond acceptors (Lipinski definition) is 6. The lowest BCUT2D eigenvalue weighted by Gasteiger charge is -2.31. The molecule has 1 aliphatic rings. The highest BCUT2D eigenvalue weighted by molar-refractivity contribution is 7.17. The van der Waals surface area contributed by atoms with Gasteiger partial charge in [-0.1, -0.05) is 29.8 Å². The van der Waals surface area contributed by atoms with Crippen LogP contribution in [-0.2, 0) is 20.9 Å². The zero-order valence-corrected chi connectivity index (χ0v) is 19.2. The molecule has 1 fully saturated rings. The molecule has 3 aromatic rings. The summed E-state index contributed by atoms with van der Waals surface area (Å²) in [5.74, 6) is -0.566. The number of piperidine rings is 1. The molecule has 1 aromatic carbocycles. The minimum atomic E-state index is -0.267. The minimum Gasteiger partial charge on any atom is -0.466 e. The summed E-state index contributed by atoms with van der Waals surface area (Å²) >= 11 is 1.45. The van der Waals surface area contributed by atoms with Crippen LogP contribution in [0.4, 0.5) is 0 Å². The molecule has 1 saturated heterocycles. The Hall–Kier alpha value is -3.00. The highest BCUT2D eigenvalue weighted by Crippen LogP contribution is 2.30. The fourth-order valence-electron chi connectivity index (χ4n) is 4.10. The Balaban J connectivity index is 1.49. The topological polar surface area (TPSA) is 81.5 Å². The molecular formula is C24H27N3O4S. The number of thiophene rings is 1. The van der Waals surface area contributed by atoms with Crippen LogP contribution in [0.15, 0.2) is 40.8 Å². The summed E-state index contributed by atoms with van der Waals surface area (Å²) in [6.45, 7) is 5.41. The Labute approximate surface area is 190 Å². The zero-order valence-electron chi connectivity index (χ0n) is 18.4. The molecule has 4 rings (SSSR count). The monoisotopic (exact) mass is 453 g/mol. The van der Waals surface area contributed by atoms with E-state index in [-0.39, 0.29) is 36.3 Å². The van der Waals surface area contributed by atoms with Crippen molar-refractivity contribution in [2.75, 3.05) is 19.7 Å². The lowest BCUT2D eigenvalue weighted by atomic mass is 9.98. The summed E-state index contributed by atoms with van der Waals surface area (Å²) in [6.07, 6.45) is 3.22. The Morgan fingerprint density at radius 2 is 2.03 bits per heavy atom. The number of rotatable bonds is 6. The van der Waals surface area contributed by atoms with Gasteiger partial charge in [-0.25, -0.2) is 4.98 Å². The number of benzene rings is 1. The second kappa shape index (κ2) is 9.65. The van der Waals surface area contributed by atoms with Gasteiger partial charge in [0.25, 0.3) is 5.56 Å². The minimum absolute atomic E-state index is 0.0601. The lowest BCUT2D eigenvalue weighted by Crippen LogP contribution is -2.43. The van der Waals surface area contributed by atoms with Crippen LogP contribution in [0.3, 0.4) is 0 Å². The molecule has 1 atom stereocenters. The number of carbonyl (C=O) groups excluding carboxylic acids is 2. The van der Waals surface area contributed by atoms with E-state index in [9.17, 15) is 14.4 Å². The Bertz CT molecular complexity index is 1180. The highest BCUT2D eigenvalue weighted by Gasteiger charge is 2.29. The van der Waals surface area contributed by atoms with Crippen molar-refractivity contribution in [1.82, 2.24) is 14.5 Å². The van der Waals surface area contributed by atoms with E-state index in [1.807, 2.05) is 36.6 Å². The first-order valence-electron chi connectivity index (χ1n) is 11.0. The van der Waals surface area contributed by atoms with E-state index in [0.29, 0.717) is 29.9 Å². The molecule has 168 valence electrons. The van der Waals surface area contributed by atoms with Gasteiger partial charge >= 0.3 is 5.97 Å². The van der Waals surface area contributed by atoms with Gasteiger partial charge in [-0.05, 0) is 32.3 Å². The first kappa shape index (κ1) is 22.2. The van der Waals surface area contributed by atoms with Crippen molar-refractivity contribution in [3.63, 3.8) is 0 Å². The van der Waals surface area contributed by atoms with E-state index in [2.05, 4.69) is 4.98 Å². The third kappa shape index (κ3) is 4.60. The summed E-state index contributed by atoms with van der Waals surface area (Å²) < 4.78 is 6.62. The van der Waals surface area contributed by atoms with Gasteiger partial charge < -0.3 is 9.64 Å². The molecule has 0 saturated carbocycles. The predicted octanol–water partition coefficient (Wildman–Crippen LogP) is 3.63. The van der Waals surface area contributed by atoms with Crippen LogP contribution >= 0.6 is 11.3 Å². The normalized spacial score (nSPS) is 16.3. The molecule has 0 bridgehead atoms. The lowest BCUT2D eigenvalue weighted by molar-refractivity contribution is -0.151. The Kier molecular flexibility index (Phi) is 6.69. The summed E-state index contributed by atoms with van der Waals surface area (Å²) in [6, 6.07) is 8.06. The van der Waals surface area contributed by atoms with Crippen LogP contribution in [0.2, 0.25) is 0 Å². The maximum Gasteiger partial charge on any atom is 0.310 e. The van der Waals surface area contributed by atoms with E-state index in [1.54, 1.807) is 11.8 Å². The molecular weight excluding hydrogens is 426 g/mol. The van der Waals surface area contributed by atoms with Crippen LogP contribution in [0, 0.1) is 12.8 Å². The molecule has 1 amide bonds. The maximum absolute atomic E-state index is 13.2. The summed E-state index contributed by atoms with van der Waals surface area (Å²) in [5.41, 5.74) is 2.87. The fourth-order valence-corrected chi connectivity index (χ4v) is 5.01. The average Bonchev–Trinajstić information content (AvgIpc) is 3.24. The van der Waals surface area contributed by atoms with E-state index in [4.69, 9.17) is 4.74 Å². The second-order valence-corrected chi connectivity index (χ2v) is 8.98. The number of aromatic nitrogens is 2. The maximum atomic E-state index is 13.2. The predicted molar refractivity (Wildman–Crippen MR) is 125 cm³/mol. The fraction of sp³-hybridized carbons (Fsp3) is 0.417. The number of amides is 1. The molecule has 32 heavy (non-hydrogen) atoms. The number of ether oxygens (including phenoxy) is 1. The number of nitrogens with zero attached hydrogens (tertiary/aromatic N) is 3. The standard InChI is InChI=1S/C24H27N3O4S/c1-3-31-24(30)18-5-4-11-26(13-18)20(28)10-12-27-15-25-22-21(23(27)29)19(14-32-22)17-8-6-16(2)7-9-17/h6-9,14-15,18H,3-5,10-13H2,1-2H3/t18-/m1/s1. The second-order valence-electron chi connectivity index (χ2n) is 8.12. The summed E-state index contributed by atoms with van der Waals surface area (Å²) in [5, 5.41) is 2.55. The molecule has 0 radical (unpaired) electrons. The van der Waals surface area contributed by atoms with E-state index in [0.717, 1.165) is 29.5 Å². The van der Waals surface area contributed by atoms with Gasteiger partial charge in [-0.3, -0.25) is 19.0 Å². The van der Waals surface area contributed by atoms with Crippen LogP contribution in [0.25, 0.3) is 21.3 Å². The zero-order chi connectivity index (χ0) is 22.7. The molecule has 7 nitrogen and oxygen atoms in total. The van der Waals surface area contributed by atoms with Gasteiger partial charge in [0.1, 0.15) is 4.83 Å². The molecule has 0 aliphatic carbocycles. The van der Waals surface area contributed by atoms with Crippen LogP contribution in [0.5, 0.6) is 0 Å². The molecule has 8 heteroatoms. The SMILES string of the molecule is CCOC(=O)[C@@H]1CCCN(C(=O)CCn2cnc3scc(-c4ccc(C)cc4)c3c2=O)C1. The van der Waals surface area contributed by atoms with Gasteiger partial charge in [0.2, 0.25) is 5.91 Å². The smallest absolute Gasteiger partial charge is 0.310 e. The van der Waals surface area contributed by atoms with Crippen LogP contribution in [0.1, 0.15) is 31.7 Å². The van der Waals surface area contributed by atoms with Gasteiger partial charge in [0.05, 0.1) is 24.2 Å². The first-order chi connectivity index (χ1) is 15.5. The highest BCUT2D eigenvalue weighted by atomic mass is 32.1. The van der Waals surface area contributed by atoms with E-state index < -0.39 is 0 Å². The van der Waals surface area contributed by atoms with E-state index >= 15 is 0 Å². The quantitative estimate of drug-likeness (QED) is 0.533. The van der Waals surface area contributed by atoms with Gasteiger partial charge in [-0.2, -0.15) is 0 Å². The van der Waals surface area contributed by atoms with E-state index in [1.165, 1.54) is 22.2 Å². The average molecular weight is 454 g/mol. The third-order valence-electron chi connectivity index (χ3n) is 5.88. The van der Waals surface area contributed by atoms with Crippen molar-refractivity contribution in [3.05, 3.63) is 51.9 Å².